The zero-order chi connectivity index (χ0) is 11.8. The summed E-state index contributed by atoms with van der Waals surface area (Å²) in [6, 6.07) is 9.81. The largest absolute Gasteiger partial charge is 0.307 e. The van der Waals surface area contributed by atoms with Crippen LogP contribution in [0, 0.1) is 6.92 Å². The van der Waals surface area contributed by atoms with Crippen molar-refractivity contribution in [3.63, 3.8) is 0 Å². The van der Waals surface area contributed by atoms with Crippen molar-refractivity contribution < 1.29 is 0 Å². The standard InChI is InChI=1S/C14H14N2O/c1-9-7-13(17)16-14(15-9)12-4-2-3-11(8-12)10-5-6-10/h2-4,7-8,10H,5-6H2,1H3,(H,15,16,17). The van der Waals surface area contributed by atoms with Crippen LogP contribution in [0.25, 0.3) is 11.4 Å². The number of hydrogen-bond donors (Lipinski definition) is 1. The third-order valence-corrected chi connectivity index (χ3v) is 3.08. The Balaban J connectivity index is 2.07. The van der Waals surface area contributed by atoms with Gasteiger partial charge in [-0.05, 0) is 37.3 Å². The number of aromatic nitrogens is 2. The summed E-state index contributed by atoms with van der Waals surface area (Å²) in [5.74, 6) is 1.38. The van der Waals surface area contributed by atoms with E-state index in [0.29, 0.717) is 11.7 Å². The van der Waals surface area contributed by atoms with Gasteiger partial charge in [0.15, 0.2) is 0 Å². The Hall–Kier alpha value is -1.90. The Bertz CT molecular complexity index is 612. The van der Waals surface area contributed by atoms with Crippen LogP contribution < -0.4 is 5.56 Å². The predicted octanol–water partition coefficient (Wildman–Crippen LogP) is 2.62. The van der Waals surface area contributed by atoms with E-state index in [1.54, 1.807) is 0 Å². The number of nitrogens with one attached hydrogen (secondary N) is 1. The van der Waals surface area contributed by atoms with E-state index in [0.717, 1.165) is 11.3 Å². The summed E-state index contributed by atoms with van der Waals surface area (Å²) in [4.78, 5) is 18.6. The Labute approximate surface area is 99.5 Å². The molecule has 17 heavy (non-hydrogen) atoms. The molecular formula is C14H14N2O. The molecule has 1 aromatic carbocycles. The van der Waals surface area contributed by atoms with Crippen LogP contribution in [0.1, 0.15) is 30.0 Å². The molecule has 1 saturated carbocycles. The number of rotatable bonds is 2. The number of nitrogens with zero attached hydrogens (tertiary/aromatic N) is 1. The molecule has 1 N–H and O–H groups in total. The van der Waals surface area contributed by atoms with E-state index < -0.39 is 0 Å². The molecule has 3 nitrogen and oxygen atoms in total. The summed E-state index contributed by atoms with van der Waals surface area (Å²) >= 11 is 0. The molecule has 3 heteroatoms. The highest BCUT2D eigenvalue weighted by molar-refractivity contribution is 5.56. The molecule has 86 valence electrons. The fourth-order valence-corrected chi connectivity index (χ4v) is 2.07. The number of H-pyrrole nitrogens is 1. The van der Waals surface area contributed by atoms with E-state index in [1.165, 1.54) is 24.5 Å². The van der Waals surface area contributed by atoms with Gasteiger partial charge in [0.25, 0.3) is 5.56 Å². The van der Waals surface area contributed by atoms with Gasteiger partial charge in [0.2, 0.25) is 0 Å². The van der Waals surface area contributed by atoms with Crippen LogP contribution in [-0.4, -0.2) is 9.97 Å². The van der Waals surface area contributed by atoms with Crippen molar-refractivity contribution in [2.24, 2.45) is 0 Å². The van der Waals surface area contributed by atoms with Crippen molar-refractivity contribution >= 4 is 0 Å². The maximum Gasteiger partial charge on any atom is 0.251 e. The Kier molecular flexibility index (Phi) is 2.32. The van der Waals surface area contributed by atoms with Crippen molar-refractivity contribution in [3.8, 4) is 11.4 Å². The maximum absolute atomic E-state index is 11.4. The summed E-state index contributed by atoms with van der Waals surface area (Å²) in [6.07, 6.45) is 2.56. The van der Waals surface area contributed by atoms with Gasteiger partial charge in [-0.3, -0.25) is 4.79 Å². The normalized spacial score (nSPS) is 14.9. The minimum absolute atomic E-state index is 0.0932. The van der Waals surface area contributed by atoms with Gasteiger partial charge in [-0.2, -0.15) is 0 Å². The van der Waals surface area contributed by atoms with Gasteiger partial charge >= 0.3 is 0 Å². The van der Waals surface area contributed by atoms with E-state index in [4.69, 9.17) is 0 Å². The van der Waals surface area contributed by atoms with Crippen molar-refractivity contribution in [1.29, 1.82) is 0 Å². The van der Waals surface area contributed by atoms with Crippen molar-refractivity contribution in [1.82, 2.24) is 9.97 Å². The molecule has 0 bridgehead atoms. The maximum atomic E-state index is 11.4. The van der Waals surface area contributed by atoms with Crippen LogP contribution in [0.5, 0.6) is 0 Å². The number of aryl methyl sites for hydroxylation is 1. The van der Waals surface area contributed by atoms with Gasteiger partial charge in [-0.15, -0.1) is 0 Å². The minimum atomic E-state index is -0.0932. The van der Waals surface area contributed by atoms with Crippen molar-refractivity contribution in [3.05, 3.63) is 51.9 Å². The first-order valence-corrected chi connectivity index (χ1v) is 5.91. The SMILES string of the molecule is Cc1cc(=O)[nH]c(-c2cccc(C3CC3)c2)n1. The summed E-state index contributed by atoms with van der Waals surface area (Å²) in [5.41, 5.74) is 3.01. The molecule has 0 atom stereocenters. The van der Waals surface area contributed by atoms with E-state index in [1.807, 2.05) is 19.1 Å². The lowest BCUT2D eigenvalue weighted by atomic mass is 10.1. The van der Waals surface area contributed by atoms with Crippen LogP contribution in [-0.2, 0) is 0 Å². The second-order valence-corrected chi connectivity index (χ2v) is 4.64. The van der Waals surface area contributed by atoms with Gasteiger partial charge < -0.3 is 4.98 Å². The summed E-state index contributed by atoms with van der Waals surface area (Å²) in [7, 11) is 0. The lowest BCUT2D eigenvalue weighted by Gasteiger charge is -2.04. The van der Waals surface area contributed by atoms with Crippen LogP contribution >= 0.6 is 0 Å². The highest BCUT2D eigenvalue weighted by Crippen LogP contribution is 2.40. The van der Waals surface area contributed by atoms with Crippen LogP contribution in [0.15, 0.2) is 35.1 Å². The Morgan fingerprint density at radius 3 is 2.82 bits per heavy atom. The van der Waals surface area contributed by atoms with E-state index in [9.17, 15) is 4.79 Å². The van der Waals surface area contributed by atoms with Gasteiger partial charge in [0.05, 0.1) is 0 Å². The number of aromatic amines is 1. The molecule has 0 radical (unpaired) electrons. The highest BCUT2D eigenvalue weighted by Gasteiger charge is 2.23. The summed E-state index contributed by atoms with van der Waals surface area (Å²) < 4.78 is 0. The lowest BCUT2D eigenvalue weighted by molar-refractivity contribution is 1.07. The lowest BCUT2D eigenvalue weighted by Crippen LogP contribution is -2.08. The molecular weight excluding hydrogens is 212 g/mol. The third kappa shape index (κ3) is 2.13. The molecule has 1 aromatic heterocycles. The van der Waals surface area contributed by atoms with Gasteiger partial charge in [0.1, 0.15) is 5.82 Å². The zero-order valence-electron chi connectivity index (χ0n) is 9.73. The molecule has 3 rings (SSSR count). The van der Waals surface area contributed by atoms with Gasteiger partial charge in [-0.25, -0.2) is 4.98 Å². The molecule has 1 aliphatic carbocycles. The topological polar surface area (TPSA) is 45.8 Å². The van der Waals surface area contributed by atoms with Gasteiger partial charge in [0, 0.05) is 17.3 Å². The first-order chi connectivity index (χ1) is 8.22. The van der Waals surface area contributed by atoms with E-state index in [2.05, 4.69) is 22.1 Å². The highest BCUT2D eigenvalue weighted by atomic mass is 16.1. The van der Waals surface area contributed by atoms with E-state index in [-0.39, 0.29) is 5.56 Å². The van der Waals surface area contributed by atoms with Crippen LogP contribution in [0.2, 0.25) is 0 Å². The van der Waals surface area contributed by atoms with Crippen molar-refractivity contribution in [2.75, 3.05) is 0 Å². The molecule has 0 spiro atoms. The number of hydrogen-bond acceptors (Lipinski definition) is 2. The molecule has 1 fully saturated rings. The molecule has 0 unspecified atom stereocenters. The summed E-state index contributed by atoms with van der Waals surface area (Å²) in [5, 5.41) is 0. The Morgan fingerprint density at radius 1 is 1.29 bits per heavy atom. The first kappa shape index (κ1) is 10.3. The fourth-order valence-electron chi connectivity index (χ4n) is 2.07. The minimum Gasteiger partial charge on any atom is -0.307 e. The quantitative estimate of drug-likeness (QED) is 0.855. The first-order valence-electron chi connectivity index (χ1n) is 5.91. The smallest absolute Gasteiger partial charge is 0.251 e. The molecule has 1 heterocycles. The van der Waals surface area contributed by atoms with Gasteiger partial charge in [-0.1, -0.05) is 18.2 Å². The zero-order valence-corrected chi connectivity index (χ0v) is 9.73. The third-order valence-electron chi connectivity index (χ3n) is 3.08. The van der Waals surface area contributed by atoms with E-state index >= 15 is 0 Å². The summed E-state index contributed by atoms with van der Waals surface area (Å²) in [6.45, 7) is 1.84. The second kappa shape index (κ2) is 3.84. The van der Waals surface area contributed by atoms with Crippen LogP contribution in [0.4, 0.5) is 0 Å². The average molecular weight is 226 g/mol. The molecule has 1 aliphatic rings. The molecule has 0 amide bonds. The second-order valence-electron chi connectivity index (χ2n) is 4.64. The van der Waals surface area contributed by atoms with Crippen molar-refractivity contribution in [2.45, 2.75) is 25.7 Å². The fraction of sp³-hybridized carbons (Fsp3) is 0.286. The molecule has 2 aromatic rings. The molecule has 0 aliphatic heterocycles. The van der Waals surface area contributed by atoms with Crippen LogP contribution in [0.3, 0.4) is 0 Å². The predicted molar refractivity (Wildman–Crippen MR) is 67.0 cm³/mol. The Morgan fingerprint density at radius 2 is 2.12 bits per heavy atom. The average Bonchev–Trinajstić information content (AvgIpc) is 3.12. The molecule has 0 saturated heterocycles. The number of benzene rings is 1. The monoisotopic (exact) mass is 226 g/mol.